The predicted molar refractivity (Wildman–Crippen MR) is 85.4 cm³/mol. The number of rotatable bonds is 3. The molecule has 0 N–H and O–H groups in total. The Balaban J connectivity index is 1.93. The van der Waals surface area contributed by atoms with Gasteiger partial charge in [0.1, 0.15) is 0 Å². The van der Waals surface area contributed by atoms with Crippen molar-refractivity contribution in [2.45, 2.75) is 16.2 Å². The van der Waals surface area contributed by atoms with Crippen LogP contribution in [0.2, 0.25) is 5.02 Å². The Morgan fingerprint density at radius 3 is 2.95 bits per heavy atom. The first-order valence-corrected chi connectivity index (χ1v) is 7.95. The standard InChI is InChI=1S/C14H8ClN2O2S2/c1-8-2-4-13-11(6-8)16-14(21-13)20-12-5-3-9(17(18)19)7-10(12)15/h2-4,6-7H,1H3. The van der Waals surface area contributed by atoms with Crippen LogP contribution in [0.5, 0.6) is 0 Å². The second-order valence-electron chi connectivity index (χ2n) is 4.35. The maximum atomic E-state index is 10.7. The Bertz CT molecular complexity index is 848. The van der Waals surface area contributed by atoms with Gasteiger partial charge in [-0.2, -0.15) is 0 Å². The highest BCUT2D eigenvalue weighted by Crippen LogP contribution is 2.38. The molecule has 0 bridgehead atoms. The lowest BCUT2D eigenvalue weighted by molar-refractivity contribution is -0.384. The van der Waals surface area contributed by atoms with Gasteiger partial charge in [0, 0.05) is 23.1 Å². The molecule has 0 saturated carbocycles. The quantitative estimate of drug-likeness (QED) is 0.492. The minimum atomic E-state index is -0.489. The highest BCUT2D eigenvalue weighted by atomic mass is 35.5. The normalized spacial score (nSPS) is 11.0. The number of hydrogen-bond acceptors (Lipinski definition) is 5. The lowest BCUT2D eigenvalue weighted by atomic mass is 10.2. The highest BCUT2D eigenvalue weighted by Gasteiger charge is 2.13. The van der Waals surface area contributed by atoms with Gasteiger partial charge < -0.3 is 0 Å². The van der Waals surface area contributed by atoms with E-state index in [1.165, 1.54) is 23.9 Å². The summed E-state index contributed by atoms with van der Waals surface area (Å²) in [6.45, 7) is 2.02. The van der Waals surface area contributed by atoms with Crippen LogP contribution in [0, 0.1) is 23.1 Å². The topological polar surface area (TPSA) is 56.0 Å². The third-order valence-corrected chi connectivity index (χ3v) is 5.32. The third-order valence-electron chi connectivity index (χ3n) is 2.77. The number of thiazole rings is 1. The summed E-state index contributed by atoms with van der Waals surface area (Å²) in [5, 5.41) is 11.0. The molecular formula is C14H8ClN2O2S2. The third kappa shape index (κ3) is 3.02. The molecule has 4 nitrogen and oxygen atoms in total. The SMILES string of the molecule is Cc1ccc2sc(Sc3[c]cc([N+](=O)[O-])cc3Cl)nc2c1. The Morgan fingerprint density at radius 2 is 2.24 bits per heavy atom. The molecule has 1 heterocycles. The molecule has 0 aliphatic rings. The summed E-state index contributed by atoms with van der Waals surface area (Å²) < 4.78 is 1.93. The molecule has 0 aliphatic heterocycles. The largest absolute Gasteiger partial charge is 0.271 e. The summed E-state index contributed by atoms with van der Waals surface area (Å²) in [4.78, 5) is 15.4. The first kappa shape index (κ1) is 14.3. The van der Waals surface area contributed by atoms with E-state index in [0.29, 0.717) is 9.92 Å². The van der Waals surface area contributed by atoms with Crippen molar-refractivity contribution in [1.82, 2.24) is 4.98 Å². The van der Waals surface area contributed by atoms with Crippen molar-refractivity contribution in [2.75, 3.05) is 0 Å². The zero-order valence-electron chi connectivity index (χ0n) is 10.8. The van der Waals surface area contributed by atoms with Gasteiger partial charge in [0.2, 0.25) is 0 Å². The van der Waals surface area contributed by atoms with Gasteiger partial charge in [-0.3, -0.25) is 10.1 Å². The Hall–Kier alpha value is -1.63. The fourth-order valence-corrected chi connectivity index (χ4v) is 4.01. The summed E-state index contributed by atoms with van der Waals surface area (Å²) in [6, 6.07) is 11.6. The Morgan fingerprint density at radius 1 is 1.43 bits per heavy atom. The average molecular weight is 336 g/mol. The maximum Gasteiger partial charge on any atom is 0.271 e. The number of nitro groups is 1. The van der Waals surface area contributed by atoms with Crippen molar-refractivity contribution in [3.05, 3.63) is 57.1 Å². The van der Waals surface area contributed by atoms with Crippen molar-refractivity contribution in [1.29, 1.82) is 0 Å². The van der Waals surface area contributed by atoms with E-state index in [4.69, 9.17) is 11.6 Å². The predicted octanol–water partition coefficient (Wildman–Crippen LogP) is 5.12. The number of halogens is 1. The summed E-state index contributed by atoms with van der Waals surface area (Å²) in [5.41, 5.74) is 2.04. The molecule has 3 aromatic rings. The molecule has 1 aromatic heterocycles. The molecule has 1 radical (unpaired) electrons. The summed E-state index contributed by atoms with van der Waals surface area (Å²) in [6.07, 6.45) is 0. The molecule has 105 valence electrons. The molecule has 0 saturated heterocycles. The van der Waals surface area contributed by atoms with E-state index in [9.17, 15) is 10.1 Å². The second kappa shape index (κ2) is 5.63. The zero-order valence-corrected chi connectivity index (χ0v) is 13.2. The first-order valence-electron chi connectivity index (χ1n) is 5.93. The second-order valence-corrected chi connectivity index (χ2v) is 7.04. The number of aromatic nitrogens is 1. The van der Waals surface area contributed by atoms with E-state index < -0.39 is 4.92 Å². The first-order chi connectivity index (χ1) is 10.0. The zero-order chi connectivity index (χ0) is 15.0. The van der Waals surface area contributed by atoms with Crippen LogP contribution in [0.4, 0.5) is 5.69 Å². The summed E-state index contributed by atoms with van der Waals surface area (Å²) in [7, 11) is 0. The minimum Gasteiger partial charge on any atom is -0.258 e. The van der Waals surface area contributed by atoms with Crippen molar-refractivity contribution >= 4 is 50.6 Å². The van der Waals surface area contributed by atoms with Gasteiger partial charge in [-0.15, -0.1) is 11.3 Å². The molecule has 0 aliphatic carbocycles. The minimum absolute atomic E-state index is 0.0655. The van der Waals surface area contributed by atoms with Gasteiger partial charge >= 0.3 is 0 Å². The number of non-ortho nitro benzene ring substituents is 1. The lowest BCUT2D eigenvalue weighted by Crippen LogP contribution is -1.88. The molecule has 2 aromatic carbocycles. The maximum absolute atomic E-state index is 10.7. The number of hydrogen-bond donors (Lipinski definition) is 0. The molecule has 0 amide bonds. The molecule has 0 fully saturated rings. The summed E-state index contributed by atoms with van der Waals surface area (Å²) in [5.74, 6) is 0. The Kier molecular flexibility index (Phi) is 3.84. The lowest BCUT2D eigenvalue weighted by Gasteiger charge is -2.00. The summed E-state index contributed by atoms with van der Waals surface area (Å²) >= 11 is 8.99. The Labute approximate surface area is 133 Å². The fourth-order valence-electron chi connectivity index (χ4n) is 1.78. The van der Waals surface area contributed by atoms with Crippen LogP contribution < -0.4 is 0 Å². The highest BCUT2D eigenvalue weighted by molar-refractivity contribution is 8.01. The molecule has 0 atom stereocenters. The van der Waals surface area contributed by atoms with E-state index in [1.807, 2.05) is 25.1 Å². The number of nitrogens with zero attached hydrogens (tertiary/aromatic N) is 2. The number of benzene rings is 2. The van der Waals surface area contributed by atoms with Crippen LogP contribution in [-0.2, 0) is 0 Å². The van der Waals surface area contributed by atoms with E-state index >= 15 is 0 Å². The van der Waals surface area contributed by atoms with Gasteiger partial charge in [0.15, 0.2) is 4.34 Å². The van der Waals surface area contributed by atoms with E-state index in [1.54, 1.807) is 11.3 Å². The number of nitro benzene ring substituents is 1. The average Bonchev–Trinajstić information content (AvgIpc) is 2.82. The van der Waals surface area contributed by atoms with Crippen molar-refractivity contribution in [3.8, 4) is 0 Å². The molecule has 3 rings (SSSR count). The van der Waals surface area contributed by atoms with Gasteiger partial charge in [0.25, 0.3) is 5.69 Å². The van der Waals surface area contributed by atoms with Crippen LogP contribution in [-0.4, -0.2) is 9.91 Å². The van der Waals surface area contributed by atoms with Crippen LogP contribution in [0.3, 0.4) is 0 Å². The number of fused-ring (bicyclic) bond motifs is 1. The van der Waals surface area contributed by atoms with E-state index in [2.05, 4.69) is 11.1 Å². The molecule has 0 spiro atoms. The van der Waals surface area contributed by atoms with E-state index in [-0.39, 0.29) is 5.69 Å². The van der Waals surface area contributed by atoms with Crippen molar-refractivity contribution < 1.29 is 4.92 Å². The van der Waals surface area contributed by atoms with Gasteiger partial charge in [-0.1, -0.05) is 29.4 Å². The van der Waals surface area contributed by atoms with E-state index in [0.717, 1.165) is 20.1 Å². The van der Waals surface area contributed by atoms with Crippen molar-refractivity contribution in [3.63, 3.8) is 0 Å². The van der Waals surface area contributed by atoms with Crippen LogP contribution in [0.25, 0.3) is 10.2 Å². The molecule has 7 heteroatoms. The van der Waals surface area contributed by atoms with Gasteiger partial charge in [-0.25, -0.2) is 4.98 Å². The molecule has 0 unspecified atom stereocenters. The monoisotopic (exact) mass is 335 g/mol. The van der Waals surface area contributed by atoms with Gasteiger partial charge in [0.05, 0.1) is 20.2 Å². The molecular weight excluding hydrogens is 328 g/mol. The van der Waals surface area contributed by atoms with Gasteiger partial charge in [-0.05, 0) is 24.6 Å². The van der Waals surface area contributed by atoms with Crippen LogP contribution >= 0.6 is 34.7 Å². The fraction of sp³-hybridized carbons (Fsp3) is 0.0714. The molecule has 21 heavy (non-hydrogen) atoms. The van der Waals surface area contributed by atoms with Crippen molar-refractivity contribution in [2.24, 2.45) is 0 Å². The smallest absolute Gasteiger partial charge is 0.258 e. The van der Waals surface area contributed by atoms with Crippen LogP contribution in [0.15, 0.2) is 39.6 Å². The number of aryl methyl sites for hydroxylation is 1. The van der Waals surface area contributed by atoms with Crippen LogP contribution in [0.1, 0.15) is 5.56 Å².